The van der Waals surface area contributed by atoms with Crippen LogP contribution in [0.3, 0.4) is 0 Å². The summed E-state index contributed by atoms with van der Waals surface area (Å²) in [6.45, 7) is 6.01. The highest BCUT2D eigenvalue weighted by Crippen LogP contribution is 2.26. The summed E-state index contributed by atoms with van der Waals surface area (Å²) in [6.07, 6.45) is 2.55. The highest BCUT2D eigenvalue weighted by molar-refractivity contribution is 5.84. The number of rotatable bonds is 7. The van der Waals surface area contributed by atoms with Crippen LogP contribution in [0.5, 0.6) is 0 Å². The highest BCUT2D eigenvalue weighted by Gasteiger charge is 2.20. The van der Waals surface area contributed by atoms with Gasteiger partial charge in [0.25, 0.3) is 5.95 Å². The van der Waals surface area contributed by atoms with Gasteiger partial charge < -0.3 is 15.4 Å². The van der Waals surface area contributed by atoms with Crippen molar-refractivity contribution in [3.05, 3.63) is 77.1 Å². The molecule has 8 nitrogen and oxygen atoms in total. The van der Waals surface area contributed by atoms with Gasteiger partial charge in [-0.25, -0.2) is 4.98 Å². The van der Waals surface area contributed by atoms with Gasteiger partial charge in [0.05, 0.1) is 30.6 Å². The maximum Gasteiger partial charge on any atom is 0.253 e. The number of nitrogens with one attached hydrogen (secondary N) is 2. The molecule has 1 aliphatic heterocycles. The summed E-state index contributed by atoms with van der Waals surface area (Å²) >= 11 is 0. The third-order valence-corrected chi connectivity index (χ3v) is 5.98. The molecule has 0 bridgehead atoms. The van der Waals surface area contributed by atoms with E-state index in [0.29, 0.717) is 32.3 Å². The Labute approximate surface area is 198 Å². The minimum Gasteiger partial charge on any atom is -0.376 e. The lowest BCUT2D eigenvalue weighted by atomic mass is 10.1. The molecule has 0 spiro atoms. The van der Waals surface area contributed by atoms with Gasteiger partial charge in [-0.1, -0.05) is 56.3 Å². The summed E-state index contributed by atoms with van der Waals surface area (Å²) in [5, 5.41) is 12.0. The van der Waals surface area contributed by atoms with Crippen LogP contribution in [0.4, 0.5) is 5.82 Å². The molecule has 0 unspecified atom stereocenters. The van der Waals surface area contributed by atoms with Gasteiger partial charge in [-0.15, -0.1) is 0 Å². The topological polar surface area (TPSA) is 94.0 Å². The van der Waals surface area contributed by atoms with Crippen molar-refractivity contribution in [1.29, 1.82) is 0 Å². The van der Waals surface area contributed by atoms with Crippen molar-refractivity contribution in [1.82, 2.24) is 25.1 Å². The number of fused-ring (bicyclic) bond motifs is 2. The van der Waals surface area contributed by atoms with Gasteiger partial charge in [0.2, 0.25) is 5.91 Å². The first-order valence-electron chi connectivity index (χ1n) is 11.6. The van der Waals surface area contributed by atoms with E-state index in [1.807, 2.05) is 56.4 Å². The minimum absolute atomic E-state index is 0.0266. The van der Waals surface area contributed by atoms with E-state index < -0.39 is 0 Å². The van der Waals surface area contributed by atoms with Crippen LogP contribution in [0, 0.1) is 5.92 Å². The van der Waals surface area contributed by atoms with Crippen LogP contribution >= 0.6 is 0 Å². The molecule has 1 amide bonds. The Bertz CT molecular complexity index is 1320. The summed E-state index contributed by atoms with van der Waals surface area (Å²) in [5.41, 5.74) is 5.06. The Morgan fingerprint density at radius 3 is 2.76 bits per heavy atom. The monoisotopic (exact) mass is 456 g/mol. The molecule has 174 valence electrons. The standard InChI is InChI=1S/C26H28N6O2/c1-17(2)25(33)28-14-19-9-6-10-23-20(19)15-29-32(23)26-30-22-11-12-34-16-21(22)24(31-26)27-13-18-7-4-3-5-8-18/h3-10,15,17H,11-14,16H2,1-2H3,(H,28,33)(H,27,30,31). The fraction of sp³-hybridized carbons (Fsp3) is 0.308. The van der Waals surface area contributed by atoms with Crippen LogP contribution in [-0.2, 0) is 35.6 Å². The third-order valence-electron chi connectivity index (χ3n) is 5.98. The van der Waals surface area contributed by atoms with Crippen molar-refractivity contribution < 1.29 is 9.53 Å². The molecule has 0 saturated heterocycles. The van der Waals surface area contributed by atoms with Crippen LogP contribution in [0.1, 0.15) is 36.2 Å². The summed E-state index contributed by atoms with van der Waals surface area (Å²) in [5.74, 6) is 1.26. The van der Waals surface area contributed by atoms with Gasteiger partial charge >= 0.3 is 0 Å². The van der Waals surface area contributed by atoms with E-state index in [9.17, 15) is 4.79 Å². The Kier molecular flexibility index (Phi) is 6.22. The van der Waals surface area contributed by atoms with Gasteiger partial charge in [0, 0.05) is 36.4 Å². The number of nitrogens with zero attached hydrogens (tertiary/aromatic N) is 4. The zero-order valence-electron chi connectivity index (χ0n) is 19.4. The number of amides is 1. The Morgan fingerprint density at radius 2 is 1.94 bits per heavy atom. The first-order chi connectivity index (χ1) is 16.6. The Hall–Kier alpha value is -3.78. The normalized spacial score (nSPS) is 13.1. The first-order valence-corrected chi connectivity index (χ1v) is 11.6. The fourth-order valence-corrected chi connectivity index (χ4v) is 4.05. The van der Waals surface area contributed by atoms with E-state index in [0.717, 1.165) is 40.0 Å². The van der Waals surface area contributed by atoms with Gasteiger partial charge in [0.15, 0.2) is 0 Å². The predicted molar refractivity (Wildman–Crippen MR) is 130 cm³/mol. The first kappa shape index (κ1) is 22.0. The van der Waals surface area contributed by atoms with Crippen LogP contribution in [0.2, 0.25) is 0 Å². The number of benzene rings is 2. The maximum atomic E-state index is 12.0. The van der Waals surface area contributed by atoms with Crippen molar-refractivity contribution in [2.24, 2.45) is 5.92 Å². The number of carbonyl (C=O) groups excluding carboxylic acids is 1. The van der Waals surface area contributed by atoms with E-state index in [-0.39, 0.29) is 11.8 Å². The van der Waals surface area contributed by atoms with Gasteiger partial charge in [-0.3, -0.25) is 4.79 Å². The maximum absolute atomic E-state index is 12.0. The Morgan fingerprint density at radius 1 is 1.09 bits per heavy atom. The number of ether oxygens (including phenoxy) is 1. The van der Waals surface area contributed by atoms with Crippen molar-refractivity contribution in [3.63, 3.8) is 0 Å². The van der Waals surface area contributed by atoms with Gasteiger partial charge in [-0.05, 0) is 17.2 Å². The zero-order chi connectivity index (χ0) is 23.5. The predicted octanol–water partition coefficient (Wildman–Crippen LogP) is 3.77. The van der Waals surface area contributed by atoms with Gasteiger partial charge in [-0.2, -0.15) is 14.8 Å². The quantitative estimate of drug-likeness (QED) is 0.440. The lowest BCUT2D eigenvalue weighted by Gasteiger charge is -2.20. The smallest absolute Gasteiger partial charge is 0.253 e. The van der Waals surface area contributed by atoms with Crippen LogP contribution < -0.4 is 10.6 Å². The molecular formula is C26H28N6O2. The molecule has 0 atom stereocenters. The molecule has 4 aromatic rings. The molecule has 2 N–H and O–H groups in total. The summed E-state index contributed by atoms with van der Waals surface area (Å²) in [6, 6.07) is 16.2. The lowest BCUT2D eigenvalue weighted by Crippen LogP contribution is -2.27. The average Bonchev–Trinajstić information content (AvgIpc) is 3.31. The van der Waals surface area contributed by atoms with E-state index >= 15 is 0 Å². The van der Waals surface area contributed by atoms with Crippen molar-refractivity contribution in [3.8, 4) is 5.95 Å². The molecule has 0 radical (unpaired) electrons. The molecule has 1 aliphatic rings. The van der Waals surface area contributed by atoms with E-state index in [2.05, 4.69) is 27.9 Å². The second kappa shape index (κ2) is 9.61. The van der Waals surface area contributed by atoms with E-state index in [4.69, 9.17) is 14.7 Å². The molecular weight excluding hydrogens is 428 g/mol. The number of hydrogen-bond donors (Lipinski definition) is 2. The second-order valence-electron chi connectivity index (χ2n) is 8.72. The molecule has 2 aromatic heterocycles. The van der Waals surface area contributed by atoms with Crippen LogP contribution in [0.15, 0.2) is 54.7 Å². The summed E-state index contributed by atoms with van der Waals surface area (Å²) < 4.78 is 7.46. The number of anilines is 1. The fourth-order valence-electron chi connectivity index (χ4n) is 4.05. The summed E-state index contributed by atoms with van der Waals surface area (Å²) in [7, 11) is 0. The van der Waals surface area contributed by atoms with Gasteiger partial charge in [0.1, 0.15) is 5.82 Å². The highest BCUT2D eigenvalue weighted by atomic mass is 16.5. The lowest BCUT2D eigenvalue weighted by molar-refractivity contribution is -0.124. The molecule has 0 saturated carbocycles. The van der Waals surface area contributed by atoms with Crippen LogP contribution in [-0.4, -0.2) is 32.3 Å². The van der Waals surface area contributed by atoms with E-state index in [1.54, 1.807) is 4.68 Å². The molecule has 5 rings (SSSR count). The minimum atomic E-state index is -0.0587. The largest absolute Gasteiger partial charge is 0.376 e. The Balaban J connectivity index is 1.49. The molecule has 0 aliphatic carbocycles. The molecule has 8 heteroatoms. The molecule has 2 aromatic carbocycles. The summed E-state index contributed by atoms with van der Waals surface area (Å²) in [4.78, 5) is 21.7. The molecule has 0 fully saturated rings. The number of aromatic nitrogens is 4. The van der Waals surface area contributed by atoms with Crippen molar-refractivity contribution in [2.75, 3.05) is 11.9 Å². The second-order valence-corrected chi connectivity index (χ2v) is 8.72. The third kappa shape index (κ3) is 4.49. The average molecular weight is 457 g/mol. The molecule has 3 heterocycles. The SMILES string of the molecule is CC(C)C(=O)NCc1cccc2c1cnn2-c1nc2c(c(NCc3ccccc3)n1)COCC2. The number of hydrogen-bond acceptors (Lipinski definition) is 6. The van der Waals surface area contributed by atoms with Crippen molar-refractivity contribution >= 4 is 22.6 Å². The molecule has 34 heavy (non-hydrogen) atoms. The number of carbonyl (C=O) groups is 1. The van der Waals surface area contributed by atoms with Crippen molar-refractivity contribution in [2.45, 2.75) is 40.0 Å². The van der Waals surface area contributed by atoms with Crippen LogP contribution in [0.25, 0.3) is 16.9 Å². The zero-order valence-corrected chi connectivity index (χ0v) is 19.4. The van der Waals surface area contributed by atoms with E-state index in [1.165, 1.54) is 5.56 Å².